The molecule has 1 aliphatic heterocycles. The molecule has 27 heavy (non-hydrogen) atoms. The Morgan fingerprint density at radius 1 is 1.26 bits per heavy atom. The average Bonchev–Trinajstić information content (AvgIpc) is 3.12. The van der Waals surface area contributed by atoms with E-state index in [0.29, 0.717) is 5.91 Å². The molecule has 3 rings (SSSR count). The van der Waals surface area contributed by atoms with Crippen molar-refractivity contribution in [1.82, 2.24) is 15.2 Å². The van der Waals surface area contributed by atoms with Crippen molar-refractivity contribution >= 4 is 27.5 Å². The third kappa shape index (κ3) is 4.52. The number of thiazole rings is 1. The molecule has 148 valence electrons. The van der Waals surface area contributed by atoms with E-state index in [1.807, 2.05) is 13.1 Å². The van der Waals surface area contributed by atoms with Gasteiger partial charge in [-0.3, -0.25) is 4.79 Å². The lowest BCUT2D eigenvalue weighted by molar-refractivity contribution is -0.144. The summed E-state index contributed by atoms with van der Waals surface area (Å²) in [5.41, 5.74) is 0.738. The van der Waals surface area contributed by atoms with E-state index in [0.717, 1.165) is 68.2 Å². The first kappa shape index (κ1) is 20.3. The number of hydrogen-bond acceptors (Lipinski definition) is 4. The molecule has 0 spiro atoms. The first-order chi connectivity index (χ1) is 13.1. The van der Waals surface area contributed by atoms with Gasteiger partial charge in [-0.2, -0.15) is 0 Å². The fraction of sp³-hybridized carbons (Fsp3) is 0.636. The van der Waals surface area contributed by atoms with Crippen molar-refractivity contribution in [1.29, 1.82) is 0 Å². The maximum atomic E-state index is 13.5. The van der Waals surface area contributed by atoms with Gasteiger partial charge in [0.05, 0.1) is 20.6 Å². The van der Waals surface area contributed by atoms with Crippen LogP contribution in [0.4, 0.5) is 0 Å². The maximum absolute atomic E-state index is 13.5. The number of hydrogen-bond donors (Lipinski definition) is 1. The van der Waals surface area contributed by atoms with Crippen molar-refractivity contribution in [3.05, 3.63) is 29.3 Å². The van der Waals surface area contributed by atoms with E-state index < -0.39 is 0 Å². The summed E-state index contributed by atoms with van der Waals surface area (Å²) in [5.74, 6) is 1.10. The fourth-order valence-electron chi connectivity index (χ4n) is 4.27. The van der Waals surface area contributed by atoms with Gasteiger partial charge in [0, 0.05) is 19.5 Å². The molecule has 0 unspecified atom stereocenters. The third-order valence-corrected chi connectivity index (χ3v) is 7.38. The molecular weight excluding hydrogens is 354 g/mol. The van der Waals surface area contributed by atoms with Gasteiger partial charge in [-0.15, -0.1) is 11.3 Å². The lowest BCUT2D eigenvalue weighted by Crippen LogP contribution is -2.48. The molecule has 0 atom stereocenters. The maximum Gasteiger partial charge on any atom is 0.229 e. The van der Waals surface area contributed by atoms with E-state index in [9.17, 15) is 4.79 Å². The molecule has 1 fully saturated rings. The number of rotatable bonds is 8. The van der Waals surface area contributed by atoms with Gasteiger partial charge in [0.1, 0.15) is 0 Å². The molecule has 0 radical (unpaired) electrons. The highest BCUT2D eigenvalue weighted by molar-refractivity contribution is 7.18. The first-order valence-electron chi connectivity index (χ1n) is 10.4. The second kappa shape index (κ2) is 9.16. The van der Waals surface area contributed by atoms with Gasteiger partial charge >= 0.3 is 0 Å². The minimum absolute atomic E-state index is 0.314. The number of amides is 1. The number of likely N-dealkylation sites (tertiary alicyclic amines) is 1. The third-order valence-electron chi connectivity index (χ3n) is 6.34. The van der Waals surface area contributed by atoms with E-state index in [1.54, 1.807) is 11.3 Å². The Bertz CT molecular complexity index is 712. The van der Waals surface area contributed by atoms with Crippen molar-refractivity contribution in [3.8, 4) is 0 Å². The molecule has 1 aromatic heterocycles. The van der Waals surface area contributed by atoms with Gasteiger partial charge in [-0.1, -0.05) is 26.0 Å². The Kier molecular flexibility index (Phi) is 6.88. The zero-order valence-electron chi connectivity index (χ0n) is 17.0. The molecule has 0 aliphatic carbocycles. The van der Waals surface area contributed by atoms with Gasteiger partial charge in [-0.25, -0.2) is 4.98 Å². The smallest absolute Gasteiger partial charge is 0.229 e. The molecule has 1 aromatic carbocycles. The Morgan fingerprint density at radius 2 is 1.96 bits per heavy atom. The van der Waals surface area contributed by atoms with E-state index in [-0.39, 0.29) is 5.41 Å². The van der Waals surface area contributed by atoms with Crippen LogP contribution in [0.3, 0.4) is 0 Å². The normalized spacial score (nSPS) is 16.2. The summed E-state index contributed by atoms with van der Waals surface area (Å²) >= 11 is 1.74. The molecule has 2 aromatic rings. The Balaban J connectivity index is 1.70. The van der Waals surface area contributed by atoms with E-state index >= 15 is 0 Å². The van der Waals surface area contributed by atoms with Gasteiger partial charge in [0.15, 0.2) is 0 Å². The number of para-hydroxylation sites is 1. The predicted octanol–water partition coefficient (Wildman–Crippen LogP) is 4.49. The van der Waals surface area contributed by atoms with E-state index in [1.165, 1.54) is 11.1 Å². The zero-order valence-corrected chi connectivity index (χ0v) is 17.8. The highest BCUT2D eigenvalue weighted by Crippen LogP contribution is 2.37. The van der Waals surface area contributed by atoms with Crippen LogP contribution in [0.2, 0.25) is 0 Å². The SMILES string of the molecule is CCC(CC)(Cc1nc2ccccc2s1)C(=O)N1CCC(CCNC)CC1. The quantitative estimate of drug-likeness (QED) is 0.726. The van der Waals surface area contributed by atoms with Crippen LogP contribution in [0.5, 0.6) is 0 Å². The van der Waals surface area contributed by atoms with E-state index in [2.05, 4.69) is 42.3 Å². The molecular formula is C22H33N3OS. The van der Waals surface area contributed by atoms with Crippen LogP contribution in [-0.2, 0) is 11.2 Å². The number of carbonyl (C=O) groups excluding carboxylic acids is 1. The highest BCUT2D eigenvalue weighted by Gasteiger charge is 2.40. The highest BCUT2D eigenvalue weighted by atomic mass is 32.1. The van der Waals surface area contributed by atoms with Crippen LogP contribution in [0.1, 0.15) is 51.0 Å². The topological polar surface area (TPSA) is 45.2 Å². The summed E-state index contributed by atoms with van der Waals surface area (Å²) in [5, 5.41) is 4.34. The molecule has 1 N–H and O–H groups in total. The van der Waals surface area contributed by atoms with Crippen LogP contribution in [0.25, 0.3) is 10.2 Å². The van der Waals surface area contributed by atoms with Gasteiger partial charge in [-0.05, 0) is 63.7 Å². The molecule has 1 amide bonds. The monoisotopic (exact) mass is 387 g/mol. The van der Waals surface area contributed by atoms with Crippen molar-refractivity contribution in [2.45, 2.75) is 52.4 Å². The number of benzene rings is 1. The van der Waals surface area contributed by atoms with Crippen LogP contribution in [0, 0.1) is 11.3 Å². The van der Waals surface area contributed by atoms with Gasteiger partial charge in [0.2, 0.25) is 5.91 Å². The van der Waals surface area contributed by atoms with Crippen LogP contribution in [0.15, 0.2) is 24.3 Å². The van der Waals surface area contributed by atoms with Gasteiger partial charge < -0.3 is 10.2 Å². The molecule has 1 saturated heterocycles. The minimum Gasteiger partial charge on any atom is -0.342 e. The first-order valence-corrected chi connectivity index (χ1v) is 11.2. The Labute approximate surface area is 167 Å². The summed E-state index contributed by atoms with van der Waals surface area (Å²) in [4.78, 5) is 20.5. The van der Waals surface area contributed by atoms with Crippen molar-refractivity contribution in [2.75, 3.05) is 26.7 Å². The summed E-state index contributed by atoms with van der Waals surface area (Å²) < 4.78 is 1.21. The summed E-state index contributed by atoms with van der Waals surface area (Å²) in [6, 6.07) is 8.27. The fourth-order valence-corrected chi connectivity index (χ4v) is 5.38. The number of nitrogens with zero attached hydrogens (tertiary/aromatic N) is 2. The summed E-state index contributed by atoms with van der Waals surface area (Å²) in [6.45, 7) is 7.22. The predicted molar refractivity (Wildman–Crippen MR) is 114 cm³/mol. The number of piperidine rings is 1. The standard InChI is InChI=1S/C22H33N3OS/c1-4-22(5-2,16-20-24-18-8-6-7-9-19(18)27-20)21(26)25-14-11-17(12-15-25)10-13-23-3/h6-9,17,23H,4-5,10-16H2,1-3H3. The van der Waals surface area contributed by atoms with Crippen LogP contribution < -0.4 is 5.32 Å². The summed E-state index contributed by atoms with van der Waals surface area (Å²) in [6.07, 6.45) is 6.00. The molecule has 2 heterocycles. The Hall–Kier alpha value is -1.46. The van der Waals surface area contributed by atoms with Crippen molar-refractivity contribution < 1.29 is 4.79 Å². The number of nitrogens with one attached hydrogen (secondary N) is 1. The molecule has 4 nitrogen and oxygen atoms in total. The number of aromatic nitrogens is 1. The molecule has 1 aliphatic rings. The second-order valence-corrected chi connectivity index (χ2v) is 8.98. The average molecular weight is 388 g/mol. The Morgan fingerprint density at radius 3 is 2.59 bits per heavy atom. The van der Waals surface area contributed by atoms with Crippen LogP contribution in [-0.4, -0.2) is 42.5 Å². The lowest BCUT2D eigenvalue weighted by Gasteiger charge is -2.39. The molecule has 5 heteroatoms. The molecule has 0 bridgehead atoms. The lowest BCUT2D eigenvalue weighted by atomic mass is 9.77. The van der Waals surface area contributed by atoms with Crippen LogP contribution >= 0.6 is 11.3 Å². The van der Waals surface area contributed by atoms with Crippen molar-refractivity contribution in [2.24, 2.45) is 11.3 Å². The van der Waals surface area contributed by atoms with Crippen molar-refractivity contribution in [3.63, 3.8) is 0 Å². The zero-order chi connectivity index (χ0) is 19.3. The summed E-state index contributed by atoms with van der Waals surface area (Å²) in [7, 11) is 2.01. The largest absolute Gasteiger partial charge is 0.342 e. The number of fused-ring (bicyclic) bond motifs is 1. The van der Waals surface area contributed by atoms with E-state index in [4.69, 9.17) is 4.98 Å². The molecule has 0 saturated carbocycles. The second-order valence-electron chi connectivity index (χ2n) is 7.87. The number of carbonyl (C=O) groups is 1. The minimum atomic E-state index is -0.314. The van der Waals surface area contributed by atoms with Gasteiger partial charge in [0.25, 0.3) is 0 Å².